The van der Waals surface area contributed by atoms with Crippen LogP contribution in [0.15, 0.2) is 109 Å². The van der Waals surface area contributed by atoms with Gasteiger partial charge in [-0.25, -0.2) is 4.79 Å². The summed E-state index contributed by atoms with van der Waals surface area (Å²) < 4.78 is 14.9. The van der Waals surface area contributed by atoms with Gasteiger partial charge in [-0.1, -0.05) is 137 Å². The molecular weight excluding hydrogens is 728 g/mol. The number of carboxylic acids is 1. The summed E-state index contributed by atoms with van der Waals surface area (Å²) in [5.74, 6) is 0.531. The van der Waals surface area contributed by atoms with Gasteiger partial charge in [0.1, 0.15) is 5.75 Å². The number of phenols is 3. The molecule has 4 aromatic rings. The highest BCUT2D eigenvalue weighted by atomic mass is 16.5. The Labute approximate surface area is 343 Å². The lowest BCUT2D eigenvalue weighted by atomic mass is 10.1. The molecule has 0 radical (unpaired) electrons. The Morgan fingerprint density at radius 2 is 0.895 bits per heavy atom. The molecule has 0 heterocycles. The van der Waals surface area contributed by atoms with Crippen molar-refractivity contribution in [2.75, 3.05) is 41.2 Å². The Bertz CT molecular complexity index is 1640. The molecule has 4 aromatic carbocycles. The van der Waals surface area contributed by atoms with Crippen LogP contribution < -0.4 is 14.2 Å². The highest BCUT2D eigenvalue weighted by Crippen LogP contribution is 2.37. The second-order valence-electron chi connectivity index (χ2n) is 9.63. The third-order valence-electron chi connectivity index (χ3n) is 6.06. The lowest BCUT2D eigenvalue weighted by molar-refractivity contribution is -0.131. The summed E-state index contributed by atoms with van der Waals surface area (Å²) in [5.41, 5.74) is 3.53. The maximum absolute atomic E-state index is 10.1. The number of ether oxygens (including phenoxy) is 3. The molecule has 0 spiro atoms. The molecule has 4 rings (SSSR count). The van der Waals surface area contributed by atoms with E-state index in [1.165, 1.54) is 21.3 Å². The molecule has 0 aliphatic carbocycles. The second-order valence-corrected chi connectivity index (χ2v) is 9.63. The summed E-state index contributed by atoms with van der Waals surface area (Å²) in [7, 11) is 4.43. The fourth-order valence-electron chi connectivity index (χ4n) is 3.69. The number of aliphatic carboxylic acids is 1. The van der Waals surface area contributed by atoms with Crippen molar-refractivity contribution >= 4 is 30.3 Å². The van der Waals surface area contributed by atoms with Crippen LogP contribution in [0.25, 0.3) is 24.3 Å². The predicted octanol–water partition coefficient (Wildman–Crippen LogP) is 10.5. The molecule has 0 atom stereocenters. The van der Waals surface area contributed by atoms with Gasteiger partial charge in [0, 0.05) is 6.08 Å². The molecule has 0 saturated heterocycles. The maximum atomic E-state index is 10.1. The molecule has 0 unspecified atom stereocenters. The van der Waals surface area contributed by atoms with Gasteiger partial charge in [0.05, 0.1) is 41.2 Å². The SMILES string of the molecule is C.C.C.C.C.C.C.COc1cc(/C=C/CO)cc(OC)c1O.COc1cc(/C=C/CO)ccc1O.O=C(O)/C=C/c1ccccc1.OC/C=C/c1ccc(O)cc1. The van der Waals surface area contributed by atoms with Crippen molar-refractivity contribution in [2.45, 2.75) is 52.0 Å². The molecule has 0 aliphatic heterocycles. The van der Waals surface area contributed by atoms with E-state index in [2.05, 4.69) is 0 Å². The fourth-order valence-corrected chi connectivity index (χ4v) is 3.69. The zero-order valence-electron chi connectivity index (χ0n) is 28.1. The minimum Gasteiger partial charge on any atom is -0.508 e. The van der Waals surface area contributed by atoms with E-state index in [1.807, 2.05) is 30.3 Å². The van der Waals surface area contributed by atoms with Crippen LogP contribution in [0.1, 0.15) is 74.2 Å². The smallest absolute Gasteiger partial charge is 0.328 e. The molecule has 0 amide bonds. The van der Waals surface area contributed by atoms with Crippen molar-refractivity contribution in [3.05, 3.63) is 131 Å². The molecule has 57 heavy (non-hydrogen) atoms. The number of aromatic hydroxyl groups is 3. The van der Waals surface area contributed by atoms with Gasteiger partial charge < -0.3 is 50.0 Å². The third kappa shape index (κ3) is 28.1. The highest BCUT2D eigenvalue weighted by Gasteiger charge is 2.09. The Balaban J connectivity index is -0.000000113. The van der Waals surface area contributed by atoms with Crippen LogP contribution in [0.4, 0.5) is 0 Å². The minimum absolute atomic E-state index is 0. The number of benzene rings is 4. The average molecular weight is 801 g/mol. The standard InChI is InChI=1S/C11H14O4.C10H12O3.C9H10O2.C9H8O2.7CH4/c1-14-9-6-8(4-3-5-12)7-10(15-2)11(9)13;1-13-10-7-8(3-2-6-11)4-5-9(10)12;10-7-1-2-8-3-5-9(11)6-4-8;10-9(11)7-6-8-4-2-1-3-5-8;;;;;;;/h3-4,6-7,12-13H,5H2,1-2H3;2-5,7,11-12H,6H2,1H3;1-6,10-11H,7H2;1-7H,(H,10,11);7*1H4/b4-3+;3-2+;2-1+;7-6+;;;;;;;. The number of phenolic OH excluding ortho intramolecular Hbond substituents is 3. The van der Waals surface area contributed by atoms with E-state index >= 15 is 0 Å². The Hall–Kier alpha value is -6.01. The Kier molecular flexibility index (Phi) is 45.8. The first kappa shape index (κ1) is 65.8. The number of methoxy groups -OCH3 is 3. The van der Waals surface area contributed by atoms with Crippen LogP contribution in [0.3, 0.4) is 0 Å². The summed E-state index contributed by atoms with van der Waals surface area (Å²) in [6.45, 7) is 0.00950. The van der Waals surface area contributed by atoms with Crippen molar-refractivity contribution in [3.63, 3.8) is 0 Å². The van der Waals surface area contributed by atoms with E-state index in [9.17, 15) is 15.0 Å². The summed E-state index contributed by atoms with van der Waals surface area (Å²) in [5, 5.41) is 61.7. The van der Waals surface area contributed by atoms with Gasteiger partial charge >= 0.3 is 5.97 Å². The average Bonchev–Trinajstić information content (AvgIpc) is 3.14. The number of carboxylic acid groups (broad SMARTS) is 1. The Morgan fingerprint density at radius 3 is 1.32 bits per heavy atom. The number of aliphatic hydroxyl groups excluding tert-OH is 3. The van der Waals surface area contributed by atoms with Gasteiger partial charge in [0.2, 0.25) is 5.75 Å². The highest BCUT2D eigenvalue weighted by molar-refractivity contribution is 5.85. The molecule has 11 nitrogen and oxygen atoms in total. The van der Waals surface area contributed by atoms with Gasteiger partial charge in [-0.05, 0) is 64.7 Å². The summed E-state index contributed by atoms with van der Waals surface area (Å²) in [4.78, 5) is 10.1. The lowest BCUT2D eigenvalue weighted by Crippen LogP contribution is -1.90. The van der Waals surface area contributed by atoms with E-state index in [-0.39, 0.29) is 89.1 Å². The van der Waals surface area contributed by atoms with Crippen LogP contribution in [-0.4, -0.2) is 82.9 Å². The van der Waals surface area contributed by atoms with Crippen LogP contribution in [-0.2, 0) is 4.79 Å². The van der Waals surface area contributed by atoms with E-state index in [1.54, 1.807) is 97.1 Å². The van der Waals surface area contributed by atoms with Crippen molar-refractivity contribution < 1.29 is 54.8 Å². The van der Waals surface area contributed by atoms with Gasteiger partial charge in [-0.3, -0.25) is 0 Å². The maximum Gasteiger partial charge on any atom is 0.328 e. The van der Waals surface area contributed by atoms with Crippen LogP contribution in [0.5, 0.6) is 34.5 Å². The zero-order valence-corrected chi connectivity index (χ0v) is 28.1. The first-order valence-corrected chi connectivity index (χ1v) is 15.0. The first-order chi connectivity index (χ1) is 24.1. The van der Waals surface area contributed by atoms with E-state index in [0.29, 0.717) is 17.2 Å². The summed E-state index contributed by atoms with van der Waals surface area (Å²) >= 11 is 0. The molecule has 322 valence electrons. The van der Waals surface area contributed by atoms with Crippen molar-refractivity contribution in [1.29, 1.82) is 0 Å². The van der Waals surface area contributed by atoms with Gasteiger partial charge in [-0.2, -0.15) is 0 Å². The molecule has 7 N–H and O–H groups in total. The number of hydrogen-bond acceptors (Lipinski definition) is 10. The normalized spacial score (nSPS) is 9.23. The van der Waals surface area contributed by atoms with E-state index < -0.39 is 5.97 Å². The van der Waals surface area contributed by atoms with Crippen molar-refractivity contribution in [3.8, 4) is 34.5 Å². The topological polar surface area (TPSA) is 186 Å². The molecule has 11 heteroatoms. The third-order valence-corrected chi connectivity index (χ3v) is 6.06. The fraction of sp³-hybridized carbons (Fsp3) is 0.283. The van der Waals surface area contributed by atoms with E-state index in [0.717, 1.165) is 28.3 Å². The van der Waals surface area contributed by atoms with Gasteiger partial charge in [0.15, 0.2) is 23.0 Å². The monoisotopic (exact) mass is 801 g/mol. The quantitative estimate of drug-likeness (QED) is 0.0716. The lowest BCUT2D eigenvalue weighted by Gasteiger charge is -2.09. The zero-order chi connectivity index (χ0) is 37.1. The van der Waals surface area contributed by atoms with Crippen LogP contribution in [0.2, 0.25) is 0 Å². The Morgan fingerprint density at radius 1 is 0.509 bits per heavy atom. The van der Waals surface area contributed by atoms with Gasteiger partial charge in [-0.15, -0.1) is 0 Å². The van der Waals surface area contributed by atoms with Crippen LogP contribution in [0, 0.1) is 0 Å². The predicted molar refractivity (Wildman–Crippen MR) is 243 cm³/mol. The number of carbonyl (C=O) groups is 1. The first-order valence-electron chi connectivity index (χ1n) is 15.0. The van der Waals surface area contributed by atoms with Crippen molar-refractivity contribution in [1.82, 2.24) is 0 Å². The molecule has 0 aromatic heterocycles. The van der Waals surface area contributed by atoms with Gasteiger partial charge in [0.25, 0.3) is 0 Å². The molecular formula is C46H72O11. The number of hydrogen-bond donors (Lipinski definition) is 7. The summed E-state index contributed by atoms with van der Waals surface area (Å²) in [6, 6.07) is 24.4. The molecule has 0 fully saturated rings. The molecule has 0 saturated carbocycles. The number of rotatable bonds is 11. The largest absolute Gasteiger partial charge is 0.508 e. The molecule has 0 bridgehead atoms. The number of aliphatic hydroxyl groups is 3. The molecule has 0 aliphatic rings. The second kappa shape index (κ2) is 39.7. The minimum atomic E-state index is -0.922. The van der Waals surface area contributed by atoms with Crippen LogP contribution >= 0.6 is 0 Å². The van der Waals surface area contributed by atoms with Crippen molar-refractivity contribution in [2.24, 2.45) is 0 Å². The summed E-state index contributed by atoms with van der Waals surface area (Å²) in [6.07, 6.45) is 12.8. The van der Waals surface area contributed by atoms with E-state index in [4.69, 9.17) is 39.7 Å².